The predicted molar refractivity (Wildman–Crippen MR) is 58.2 cm³/mol. The molecule has 2 heterocycles. The molecule has 0 bridgehead atoms. The molecule has 0 atom stereocenters. The van der Waals surface area contributed by atoms with Crippen molar-refractivity contribution in [3.05, 3.63) is 35.5 Å². The van der Waals surface area contributed by atoms with Crippen molar-refractivity contribution in [3.63, 3.8) is 0 Å². The Morgan fingerprint density at radius 3 is 2.81 bits per heavy atom. The molecule has 6 nitrogen and oxygen atoms in total. The van der Waals surface area contributed by atoms with Crippen LogP contribution in [0.1, 0.15) is 10.4 Å². The second kappa shape index (κ2) is 4.28. The lowest BCUT2D eigenvalue weighted by Gasteiger charge is -2.02. The lowest BCUT2D eigenvalue weighted by Crippen LogP contribution is -2.12. The molecule has 2 rings (SSSR count). The maximum Gasteiger partial charge on any atom is 0.260 e. The maximum absolute atomic E-state index is 11.7. The van der Waals surface area contributed by atoms with E-state index in [0.717, 1.165) is 0 Å². The summed E-state index contributed by atoms with van der Waals surface area (Å²) in [4.78, 5) is 19.4. The number of anilines is 1. The number of nitrogens with zero attached hydrogens (tertiary/aromatic N) is 4. The zero-order valence-corrected chi connectivity index (χ0v) is 9.14. The fourth-order valence-corrected chi connectivity index (χ4v) is 1.28. The van der Waals surface area contributed by atoms with E-state index in [4.69, 9.17) is 11.6 Å². The molecule has 0 aromatic carbocycles. The Labute approximate surface area is 96.3 Å². The number of carbonyl (C=O) groups is 1. The summed E-state index contributed by atoms with van der Waals surface area (Å²) in [6, 6.07) is 0. The van der Waals surface area contributed by atoms with E-state index in [-0.39, 0.29) is 16.9 Å². The van der Waals surface area contributed by atoms with Gasteiger partial charge in [-0.05, 0) is 0 Å². The Morgan fingerprint density at radius 2 is 2.19 bits per heavy atom. The van der Waals surface area contributed by atoms with Crippen LogP contribution in [0.5, 0.6) is 0 Å². The van der Waals surface area contributed by atoms with Crippen molar-refractivity contribution < 1.29 is 4.79 Å². The molecule has 2 aromatic rings. The second-order valence-electron chi connectivity index (χ2n) is 3.05. The van der Waals surface area contributed by atoms with Gasteiger partial charge in [-0.25, -0.2) is 9.97 Å². The number of halogens is 1. The first kappa shape index (κ1) is 10.6. The highest BCUT2D eigenvalue weighted by atomic mass is 35.5. The van der Waals surface area contributed by atoms with Crippen LogP contribution in [-0.2, 0) is 7.05 Å². The number of hydrogen-bond donors (Lipinski definition) is 1. The van der Waals surface area contributed by atoms with Gasteiger partial charge in [-0.1, -0.05) is 11.6 Å². The Balaban J connectivity index is 2.17. The number of aryl methyl sites for hydroxylation is 1. The molecule has 16 heavy (non-hydrogen) atoms. The quantitative estimate of drug-likeness (QED) is 0.849. The third kappa shape index (κ3) is 2.17. The number of aromatic nitrogens is 4. The van der Waals surface area contributed by atoms with Gasteiger partial charge in [0.1, 0.15) is 0 Å². The molecule has 0 saturated carbocycles. The summed E-state index contributed by atoms with van der Waals surface area (Å²) in [5.41, 5.74) is 0.434. The second-order valence-corrected chi connectivity index (χ2v) is 3.41. The first-order valence-electron chi connectivity index (χ1n) is 4.43. The Kier molecular flexibility index (Phi) is 2.82. The highest BCUT2D eigenvalue weighted by Gasteiger charge is 2.11. The summed E-state index contributed by atoms with van der Waals surface area (Å²) in [5.74, 6) is -0.0893. The smallest absolute Gasteiger partial charge is 0.260 e. The third-order valence-corrected chi connectivity index (χ3v) is 2.13. The van der Waals surface area contributed by atoms with Gasteiger partial charge in [-0.2, -0.15) is 5.10 Å². The van der Waals surface area contributed by atoms with Crippen LogP contribution in [0.4, 0.5) is 5.82 Å². The van der Waals surface area contributed by atoms with Crippen molar-refractivity contribution in [2.24, 2.45) is 7.05 Å². The van der Waals surface area contributed by atoms with E-state index in [2.05, 4.69) is 20.4 Å². The van der Waals surface area contributed by atoms with Crippen LogP contribution in [0.3, 0.4) is 0 Å². The summed E-state index contributed by atoms with van der Waals surface area (Å²) in [6.07, 6.45) is 5.95. The van der Waals surface area contributed by atoms with E-state index in [0.29, 0.717) is 5.56 Å². The van der Waals surface area contributed by atoms with Gasteiger partial charge in [-0.15, -0.1) is 0 Å². The van der Waals surface area contributed by atoms with Crippen molar-refractivity contribution in [2.75, 3.05) is 5.32 Å². The Hall–Kier alpha value is -1.95. The average Bonchev–Trinajstić information content (AvgIpc) is 2.68. The molecule has 1 amide bonds. The van der Waals surface area contributed by atoms with Gasteiger partial charge in [-0.3, -0.25) is 9.48 Å². The molecule has 0 fully saturated rings. The molecular weight excluding hydrogens is 230 g/mol. The molecule has 0 aliphatic heterocycles. The molecular formula is C9H8ClN5O. The molecule has 0 spiro atoms. The molecule has 0 aliphatic rings. The monoisotopic (exact) mass is 237 g/mol. The van der Waals surface area contributed by atoms with E-state index < -0.39 is 0 Å². The fraction of sp³-hybridized carbons (Fsp3) is 0.111. The number of hydrogen-bond acceptors (Lipinski definition) is 4. The molecule has 0 saturated heterocycles. The van der Waals surface area contributed by atoms with Crippen LogP contribution >= 0.6 is 11.6 Å². The van der Waals surface area contributed by atoms with E-state index in [9.17, 15) is 4.79 Å². The molecule has 82 valence electrons. The van der Waals surface area contributed by atoms with Gasteiger partial charge in [0.15, 0.2) is 11.0 Å². The summed E-state index contributed by atoms with van der Waals surface area (Å²) < 4.78 is 1.53. The average molecular weight is 238 g/mol. The van der Waals surface area contributed by atoms with Crippen LogP contribution in [0.2, 0.25) is 5.15 Å². The standard InChI is InChI=1S/C9H8ClN5O/c1-15-5-6(4-13-15)9(16)14-8-7(10)11-2-3-12-8/h2-5H,1H3,(H,12,14,16). The van der Waals surface area contributed by atoms with E-state index >= 15 is 0 Å². The first-order valence-corrected chi connectivity index (χ1v) is 4.81. The van der Waals surface area contributed by atoms with E-state index in [1.807, 2.05) is 0 Å². The van der Waals surface area contributed by atoms with Gasteiger partial charge in [0, 0.05) is 25.6 Å². The SMILES string of the molecule is Cn1cc(C(=O)Nc2nccnc2Cl)cn1. The maximum atomic E-state index is 11.7. The van der Waals surface area contributed by atoms with Crippen molar-refractivity contribution in [3.8, 4) is 0 Å². The summed E-state index contributed by atoms with van der Waals surface area (Å²) in [5, 5.41) is 6.58. The largest absolute Gasteiger partial charge is 0.304 e. The zero-order valence-electron chi connectivity index (χ0n) is 8.38. The summed E-state index contributed by atoms with van der Waals surface area (Å²) >= 11 is 5.75. The van der Waals surface area contributed by atoms with Crippen LogP contribution in [0.15, 0.2) is 24.8 Å². The highest BCUT2D eigenvalue weighted by Crippen LogP contribution is 2.14. The molecule has 0 unspecified atom stereocenters. The Morgan fingerprint density at radius 1 is 1.44 bits per heavy atom. The summed E-state index contributed by atoms with van der Waals surface area (Å²) in [6.45, 7) is 0. The van der Waals surface area contributed by atoms with E-state index in [1.165, 1.54) is 23.3 Å². The molecule has 2 aromatic heterocycles. The summed E-state index contributed by atoms with van der Waals surface area (Å²) in [7, 11) is 1.73. The number of carbonyl (C=O) groups excluding carboxylic acids is 1. The van der Waals surface area contributed by atoms with Crippen LogP contribution < -0.4 is 5.32 Å². The Bertz CT molecular complexity index is 524. The van der Waals surface area contributed by atoms with Gasteiger partial charge in [0.05, 0.1) is 11.8 Å². The van der Waals surface area contributed by atoms with Crippen molar-refractivity contribution in [1.29, 1.82) is 0 Å². The van der Waals surface area contributed by atoms with Crippen molar-refractivity contribution in [1.82, 2.24) is 19.7 Å². The molecule has 0 aliphatic carbocycles. The van der Waals surface area contributed by atoms with Gasteiger partial charge >= 0.3 is 0 Å². The fourth-order valence-electron chi connectivity index (χ4n) is 1.12. The van der Waals surface area contributed by atoms with Crippen LogP contribution in [-0.4, -0.2) is 25.7 Å². The molecule has 0 radical (unpaired) electrons. The van der Waals surface area contributed by atoms with Crippen LogP contribution in [0.25, 0.3) is 0 Å². The lowest BCUT2D eigenvalue weighted by atomic mass is 10.3. The van der Waals surface area contributed by atoms with Gasteiger partial charge in [0.2, 0.25) is 0 Å². The zero-order chi connectivity index (χ0) is 11.5. The number of rotatable bonds is 2. The van der Waals surface area contributed by atoms with Gasteiger partial charge < -0.3 is 5.32 Å². The topological polar surface area (TPSA) is 72.7 Å². The highest BCUT2D eigenvalue weighted by molar-refractivity contribution is 6.32. The minimum Gasteiger partial charge on any atom is -0.304 e. The normalized spacial score (nSPS) is 10.1. The predicted octanol–water partition coefficient (Wildman–Crippen LogP) is 1.12. The first-order chi connectivity index (χ1) is 7.66. The third-order valence-electron chi connectivity index (χ3n) is 1.85. The minimum atomic E-state index is -0.324. The lowest BCUT2D eigenvalue weighted by molar-refractivity contribution is 0.102. The van der Waals surface area contributed by atoms with Gasteiger partial charge in [0.25, 0.3) is 5.91 Å². The number of nitrogens with one attached hydrogen (secondary N) is 1. The van der Waals surface area contributed by atoms with E-state index in [1.54, 1.807) is 13.2 Å². The van der Waals surface area contributed by atoms with Crippen LogP contribution in [0, 0.1) is 0 Å². The minimum absolute atomic E-state index is 0.153. The molecule has 1 N–H and O–H groups in total. The van der Waals surface area contributed by atoms with Crippen molar-refractivity contribution >= 4 is 23.3 Å². The number of amides is 1. The molecule has 7 heteroatoms. The van der Waals surface area contributed by atoms with Crippen molar-refractivity contribution in [2.45, 2.75) is 0 Å².